The van der Waals surface area contributed by atoms with E-state index >= 15 is 0 Å². The zero-order valence-corrected chi connectivity index (χ0v) is 18.6. The van der Waals surface area contributed by atoms with Crippen LogP contribution in [0, 0.1) is 0 Å². The highest BCUT2D eigenvalue weighted by atomic mass is 127. The van der Waals surface area contributed by atoms with Crippen LogP contribution in [0.5, 0.6) is 0 Å². The molecule has 2 heterocycles. The van der Waals surface area contributed by atoms with Crippen molar-refractivity contribution in [2.75, 3.05) is 27.7 Å². The summed E-state index contributed by atoms with van der Waals surface area (Å²) in [5.41, 5.74) is 0.182. The second-order valence-corrected chi connectivity index (χ2v) is 6.80. The van der Waals surface area contributed by atoms with E-state index in [1.165, 1.54) is 0 Å². The van der Waals surface area contributed by atoms with Crippen LogP contribution in [0.1, 0.15) is 22.3 Å². The number of halogens is 4. The Morgan fingerprint density at radius 2 is 2.07 bits per heavy atom. The number of aryl methyl sites for hydroxylation is 1. The van der Waals surface area contributed by atoms with Crippen molar-refractivity contribution in [3.63, 3.8) is 0 Å². The first-order valence-electron chi connectivity index (χ1n) is 7.81. The second-order valence-electron chi connectivity index (χ2n) is 5.86. The molecule has 0 bridgehead atoms. The van der Waals surface area contributed by atoms with Crippen molar-refractivity contribution in [2.45, 2.75) is 18.8 Å². The number of hydrogen-bond donors (Lipinski definition) is 2. The number of rotatable bonds is 6. The maximum atomic E-state index is 12.6. The fourth-order valence-corrected chi connectivity index (χ4v) is 3.05. The monoisotopic (exact) mass is 517 g/mol. The molecular formula is C15H23F3IN7S. The largest absolute Gasteiger partial charge is 0.434 e. The average Bonchev–Trinajstić information content (AvgIpc) is 3.19. The van der Waals surface area contributed by atoms with Gasteiger partial charge in [0, 0.05) is 37.8 Å². The maximum absolute atomic E-state index is 12.6. The van der Waals surface area contributed by atoms with Gasteiger partial charge in [0.15, 0.2) is 11.7 Å². The molecule has 2 aromatic heterocycles. The maximum Gasteiger partial charge on any atom is 0.434 e. The SMILES string of the molecule is CN=C(NCc1nc(C(F)(F)F)cs1)NCC(c1cnn(C)c1)N(C)C.I. The quantitative estimate of drug-likeness (QED) is 0.350. The molecule has 0 radical (unpaired) electrons. The first-order chi connectivity index (χ1) is 12.2. The number of likely N-dealkylation sites (N-methyl/N-ethyl adjacent to an activating group) is 1. The Kier molecular flexibility index (Phi) is 8.94. The van der Waals surface area contributed by atoms with Crippen LogP contribution in [0.2, 0.25) is 0 Å². The summed E-state index contributed by atoms with van der Waals surface area (Å²) in [6.07, 6.45) is -0.676. The lowest BCUT2D eigenvalue weighted by Gasteiger charge is -2.24. The Morgan fingerprint density at radius 1 is 1.37 bits per heavy atom. The Morgan fingerprint density at radius 3 is 2.56 bits per heavy atom. The number of aromatic nitrogens is 3. The van der Waals surface area contributed by atoms with E-state index in [9.17, 15) is 13.2 Å². The van der Waals surface area contributed by atoms with Crippen LogP contribution in [0.4, 0.5) is 13.2 Å². The van der Waals surface area contributed by atoms with Gasteiger partial charge in [0.05, 0.1) is 18.8 Å². The van der Waals surface area contributed by atoms with Crippen LogP contribution in [-0.2, 0) is 19.8 Å². The molecule has 0 aromatic carbocycles. The summed E-state index contributed by atoms with van der Waals surface area (Å²) in [5, 5.41) is 11.7. The zero-order valence-electron chi connectivity index (χ0n) is 15.4. The van der Waals surface area contributed by atoms with Gasteiger partial charge >= 0.3 is 6.18 Å². The molecule has 2 rings (SSSR count). The predicted molar refractivity (Wildman–Crippen MR) is 110 cm³/mol. The third-order valence-corrected chi connectivity index (χ3v) is 4.52. The van der Waals surface area contributed by atoms with Gasteiger partial charge in [-0.15, -0.1) is 35.3 Å². The molecule has 0 spiro atoms. The van der Waals surface area contributed by atoms with Crippen molar-refractivity contribution in [3.05, 3.63) is 34.0 Å². The number of guanidine groups is 1. The normalized spacial score (nSPS) is 13.4. The molecule has 12 heteroatoms. The van der Waals surface area contributed by atoms with Crippen LogP contribution < -0.4 is 10.6 Å². The van der Waals surface area contributed by atoms with Crippen molar-refractivity contribution < 1.29 is 13.2 Å². The lowest BCUT2D eigenvalue weighted by Crippen LogP contribution is -2.41. The Balaban J connectivity index is 0.00000364. The lowest BCUT2D eigenvalue weighted by molar-refractivity contribution is -0.140. The van der Waals surface area contributed by atoms with Crippen LogP contribution in [0.3, 0.4) is 0 Å². The molecule has 27 heavy (non-hydrogen) atoms. The summed E-state index contributed by atoms with van der Waals surface area (Å²) < 4.78 is 39.5. The highest BCUT2D eigenvalue weighted by Gasteiger charge is 2.33. The zero-order chi connectivity index (χ0) is 19.3. The van der Waals surface area contributed by atoms with E-state index in [0.717, 1.165) is 22.3 Å². The lowest BCUT2D eigenvalue weighted by atomic mass is 10.1. The molecule has 0 aliphatic heterocycles. The van der Waals surface area contributed by atoms with Gasteiger partial charge in [-0.3, -0.25) is 9.67 Å². The van der Waals surface area contributed by atoms with E-state index in [2.05, 4.69) is 25.7 Å². The molecule has 2 N–H and O–H groups in total. The molecule has 0 saturated heterocycles. The fraction of sp³-hybridized carbons (Fsp3) is 0.533. The number of nitrogens with zero attached hydrogens (tertiary/aromatic N) is 5. The molecule has 1 atom stereocenters. The molecule has 0 saturated carbocycles. The molecular weight excluding hydrogens is 494 g/mol. The third-order valence-electron chi connectivity index (χ3n) is 3.67. The number of nitrogens with one attached hydrogen (secondary N) is 2. The summed E-state index contributed by atoms with van der Waals surface area (Å²) in [7, 11) is 7.38. The summed E-state index contributed by atoms with van der Waals surface area (Å²) in [6, 6.07) is 0.0685. The highest BCUT2D eigenvalue weighted by Crippen LogP contribution is 2.29. The Labute approximate surface area is 177 Å². The van der Waals surface area contributed by atoms with Crippen LogP contribution in [-0.4, -0.2) is 53.3 Å². The number of aliphatic imine (C=N–C) groups is 1. The van der Waals surface area contributed by atoms with E-state index in [-0.39, 0.29) is 36.6 Å². The smallest absolute Gasteiger partial charge is 0.354 e. The van der Waals surface area contributed by atoms with Crippen LogP contribution in [0.25, 0.3) is 0 Å². The summed E-state index contributed by atoms with van der Waals surface area (Å²) in [5.74, 6) is 0.490. The summed E-state index contributed by atoms with van der Waals surface area (Å²) in [6.45, 7) is 0.726. The van der Waals surface area contributed by atoms with Gasteiger partial charge in [0.25, 0.3) is 0 Å². The first-order valence-corrected chi connectivity index (χ1v) is 8.69. The third kappa shape index (κ3) is 6.92. The molecule has 2 aromatic rings. The first kappa shape index (κ1) is 23.6. The van der Waals surface area contributed by atoms with Gasteiger partial charge in [-0.1, -0.05) is 0 Å². The standard InChI is InChI=1S/C15H22F3N7S.HI/c1-19-14(21-7-13-23-12(9-26-13)15(16,17)18)20-6-11(24(2)3)10-5-22-25(4)8-10;/h5,8-9,11H,6-7H2,1-4H3,(H2,19,20,21);1H. The van der Waals surface area contributed by atoms with Crippen LogP contribution in [0.15, 0.2) is 22.8 Å². The minimum Gasteiger partial charge on any atom is -0.354 e. The Bertz CT molecular complexity index is 742. The molecule has 0 amide bonds. The van der Waals surface area contributed by atoms with E-state index in [1.54, 1.807) is 17.9 Å². The number of thiazole rings is 1. The number of alkyl halides is 3. The Hall–Kier alpha value is -1.41. The van der Waals surface area contributed by atoms with Gasteiger partial charge in [0.2, 0.25) is 0 Å². The topological polar surface area (TPSA) is 70.4 Å². The predicted octanol–water partition coefficient (Wildman–Crippen LogP) is 2.48. The van der Waals surface area contributed by atoms with Gasteiger partial charge in [-0.2, -0.15) is 18.3 Å². The van der Waals surface area contributed by atoms with Crippen molar-refractivity contribution in [3.8, 4) is 0 Å². The minimum absolute atomic E-state index is 0. The molecule has 152 valence electrons. The molecule has 0 aliphatic rings. The molecule has 7 nitrogen and oxygen atoms in total. The highest BCUT2D eigenvalue weighted by molar-refractivity contribution is 14.0. The van der Waals surface area contributed by atoms with E-state index in [0.29, 0.717) is 17.5 Å². The fourth-order valence-electron chi connectivity index (χ4n) is 2.31. The van der Waals surface area contributed by atoms with Crippen molar-refractivity contribution in [1.29, 1.82) is 0 Å². The van der Waals surface area contributed by atoms with Gasteiger partial charge in [-0.05, 0) is 14.1 Å². The average molecular weight is 517 g/mol. The summed E-state index contributed by atoms with van der Waals surface area (Å²) >= 11 is 0.962. The van der Waals surface area contributed by atoms with E-state index in [1.807, 2.05) is 32.2 Å². The van der Waals surface area contributed by atoms with Crippen LogP contribution >= 0.6 is 35.3 Å². The second kappa shape index (κ2) is 10.2. The van der Waals surface area contributed by atoms with Crippen molar-refractivity contribution in [1.82, 2.24) is 30.3 Å². The van der Waals surface area contributed by atoms with Gasteiger partial charge in [0.1, 0.15) is 5.01 Å². The van der Waals surface area contributed by atoms with E-state index < -0.39 is 11.9 Å². The molecule has 0 fully saturated rings. The number of hydrogen-bond acceptors (Lipinski definition) is 5. The van der Waals surface area contributed by atoms with Gasteiger partial charge in [-0.25, -0.2) is 4.98 Å². The summed E-state index contributed by atoms with van der Waals surface area (Å²) in [4.78, 5) is 9.74. The minimum atomic E-state index is -4.42. The van der Waals surface area contributed by atoms with E-state index in [4.69, 9.17) is 0 Å². The van der Waals surface area contributed by atoms with Gasteiger partial charge < -0.3 is 15.5 Å². The molecule has 1 unspecified atom stereocenters. The molecule has 0 aliphatic carbocycles. The van der Waals surface area contributed by atoms with Crippen molar-refractivity contribution >= 4 is 41.3 Å². The van der Waals surface area contributed by atoms with Crippen molar-refractivity contribution in [2.24, 2.45) is 12.0 Å².